The summed E-state index contributed by atoms with van der Waals surface area (Å²) in [6.07, 6.45) is 0. The van der Waals surface area contributed by atoms with E-state index in [-0.39, 0.29) is 6.07 Å². The van der Waals surface area contributed by atoms with Crippen LogP contribution in [0.1, 0.15) is 6.92 Å². The molecule has 1 unspecified atom stereocenters. The molecule has 1 aromatic carbocycles. The summed E-state index contributed by atoms with van der Waals surface area (Å²) in [6, 6.07) is 0.212. The summed E-state index contributed by atoms with van der Waals surface area (Å²) >= 11 is 3.69. The fourth-order valence-electron chi connectivity index (χ4n) is 0.828. The van der Waals surface area contributed by atoms with Crippen LogP contribution in [0.2, 0.25) is 0 Å². The molecule has 0 aliphatic rings. The zero-order valence-corrected chi connectivity index (χ0v) is 7.92. The Hall–Kier alpha value is -0.910. The van der Waals surface area contributed by atoms with Gasteiger partial charge in [-0.2, -0.15) is 4.39 Å². The molecule has 0 fully saturated rings. The highest BCUT2D eigenvalue weighted by atomic mass is 32.1. The molecule has 0 aromatic heterocycles. The Morgan fingerprint density at radius 2 is 1.71 bits per heavy atom. The first-order valence-electron chi connectivity index (χ1n) is 3.61. The van der Waals surface area contributed by atoms with Crippen molar-refractivity contribution in [2.24, 2.45) is 0 Å². The van der Waals surface area contributed by atoms with Crippen LogP contribution in [0.5, 0.6) is 5.75 Å². The molecule has 14 heavy (non-hydrogen) atoms. The first-order valence-corrected chi connectivity index (χ1v) is 4.13. The van der Waals surface area contributed by atoms with Crippen molar-refractivity contribution in [2.45, 2.75) is 12.4 Å². The summed E-state index contributed by atoms with van der Waals surface area (Å²) in [4.78, 5) is 0. The lowest BCUT2D eigenvalue weighted by Crippen LogP contribution is -2.08. The third-order valence-corrected chi connectivity index (χ3v) is 1.47. The van der Waals surface area contributed by atoms with Gasteiger partial charge in [0.05, 0.1) is 0 Å². The fourth-order valence-corrected chi connectivity index (χ4v) is 0.934. The lowest BCUT2D eigenvalue weighted by atomic mass is 10.3. The molecule has 0 N–H and O–H groups in total. The second kappa shape index (κ2) is 4.08. The van der Waals surface area contributed by atoms with E-state index >= 15 is 0 Å². The molecule has 0 heterocycles. The fraction of sp³-hybridized carbons (Fsp3) is 0.250. The molecule has 1 nitrogen and oxygen atoms in total. The molecule has 1 atom stereocenters. The number of hydrogen-bond acceptors (Lipinski definition) is 2. The lowest BCUT2D eigenvalue weighted by Gasteiger charge is -2.11. The number of thiol groups is 1. The van der Waals surface area contributed by atoms with Crippen LogP contribution in [0.15, 0.2) is 6.07 Å². The Morgan fingerprint density at radius 1 is 1.14 bits per heavy atom. The standard InChI is InChI=1S/C8H6F4OS/c1-3(14)13-8-5(10)2-4(9)6(11)7(8)12/h2-3,14H,1H3. The Kier molecular flexibility index (Phi) is 3.25. The summed E-state index contributed by atoms with van der Waals surface area (Å²) in [7, 11) is 0. The number of hydrogen-bond donors (Lipinski definition) is 1. The van der Waals surface area contributed by atoms with Crippen LogP contribution in [0.4, 0.5) is 17.6 Å². The molecule has 0 radical (unpaired) electrons. The van der Waals surface area contributed by atoms with Gasteiger partial charge in [-0.3, -0.25) is 0 Å². The van der Waals surface area contributed by atoms with Crippen molar-refractivity contribution in [3.8, 4) is 5.75 Å². The monoisotopic (exact) mass is 226 g/mol. The first-order chi connectivity index (χ1) is 6.43. The van der Waals surface area contributed by atoms with E-state index in [1.807, 2.05) is 0 Å². The summed E-state index contributed by atoms with van der Waals surface area (Å²) in [5, 5.41) is 0. The Bertz CT molecular complexity index is 354. The van der Waals surface area contributed by atoms with E-state index < -0.39 is 34.5 Å². The number of rotatable bonds is 2. The van der Waals surface area contributed by atoms with Gasteiger partial charge in [-0.25, -0.2) is 13.2 Å². The number of benzene rings is 1. The van der Waals surface area contributed by atoms with E-state index in [4.69, 9.17) is 0 Å². The van der Waals surface area contributed by atoms with Crippen LogP contribution < -0.4 is 4.74 Å². The van der Waals surface area contributed by atoms with Crippen LogP contribution in [0.25, 0.3) is 0 Å². The number of ether oxygens (including phenoxy) is 1. The number of halogens is 4. The lowest BCUT2D eigenvalue weighted by molar-refractivity contribution is 0.267. The third-order valence-electron chi connectivity index (χ3n) is 1.36. The van der Waals surface area contributed by atoms with Crippen molar-refractivity contribution < 1.29 is 22.3 Å². The average Bonchev–Trinajstić information content (AvgIpc) is 2.09. The average molecular weight is 226 g/mol. The highest BCUT2D eigenvalue weighted by Gasteiger charge is 2.20. The van der Waals surface area contributed by atoms with Gasteiger partial charge in [0.25, 0.3) is 0 Å². The molecule has 0 spiro atoms. The molecule has 78 valence electrons. The third kappa shape index (κ3) is 2.12. The van der Waals surface area contributed by atoms with Crippen LogP contribution in [0, 0.1) is 23.3 Å². The largest absolute Gasteiger partial charge is 0.474 e. The van der Waals surface area contributed by atoms with E-state index in [0.29, 0.717) is 0 Å². The predicted molar refractivity (Wildman–Crippen MR) is 45.4 cm³/mol. The SMILES string of the molecule is CC(S)Oc1c(F)cc(F)c(F)c1F. The molecule has 1 aromatic rings. The maximum Gasteiger partial charge on any atom is 0.206 e. The first kappa shape index (κ1) is 11.2. The minimum absolute atomic E-state index is 0.212. The molecule has 0 saturated carbocycles. The Morgan fingerprint density at radius 3 is 2.21 bits per heavy atom. The zero-order valence-electron chi connectivity index (χ0n) is 7.02. The smallest absolute Gasteiger partial charge is 0.206 e. The molecule has 0 amide bonds. The van der Waals surface area contributed by atoms with Gasteiger partial charge in [-0.1, -0.05) is 0 Å². The van der Waals surface area contributed by atoms with E-state index in [1.165, 1.54) is 6.92 Å². The molecule has 1 rings (SSSR count). The second-order valence-corrected chi connectivity index (χ2v) is 3.24. The highest BCUT2D eigenvalue weighted by molar-refractivity contribution is 7.80. The predicted octanol–water partition coefficient (Wildman–Crippen LogP) is 2.90. The van der Waals surface area contributed by atoms with E-state index in [2.05, 4.69) is 17.4 Å². The quantitative estimate of drug-likeness (QED) is 0.268. The summed E-state index contributed by atoms with van der Waals surface area (Å²) in [5.41, 5.74) is -0.830. The van der Waals surface area contributed by atoms with Gasteiger partial charge in [0.2, 0.25) is 5.82 Å². The van der Waals surface area contributed by atoms with Crippen molar-refractivity contribution in [3.05, 3.63) is 29.3 Å². The summed E-state index contributed by atoms with van der Waals surface area (Å²) in [6.45, 7) is 1.38. The van der Waals surface area contributed by atoms with Gasteiger partial charge in [-0.15, -0.1) is 12.6 Å². The molecule has 0 saturated heterocycles. The molecule has 0 aliphatic carbocycles. The van der Waals surface area contributed by atoms with Gasteiger partial charge < -0.3 is 4.74 Å². The second-order valence-electron chi connectivity index (χ2n) is 2.51. The maximum atomic E-state index is 12.9. The molecular weight excluding hydrogens is 220 g/mol. The minimum atomic E-state index is -1.77. The van der Waals surface area contributed by atoms with E-state index in [1.54, 1.807) is 0 Å². The van der Waals surface area contributed by atoms with Gasteiger partial charge in [-0.05, 0) is 6.92 Å². The molecule has 0 aliphatic heterocycles. The van der Waals surface area contributed by atoms with Crippen LogP contribution in [-0.4, -0.2) is 5.44 Å². The van der Waals surface area contributed by atoms with Gasteiger partial charge in [0.1, 0.15) is 5.44 Å². The molecule has 6 heteroatoms. The van der Waals surface area contributed by atoms with Crippen molar-refractivity contribution >= 4 is 12.6 Å². The van der Waals surface area contributed by atoms with Gasteiger partial charge in [0, 0.05) is 6.07 Å². The minimum Gasteiger partial charge on any atom is -0.474 e. The van der Waals surface area contributed by atoms with Crippen molar-refractivity contribution in [1.82, 2.24) is 0 Å². The van der Waals surface area contributed by atoms with Gasteiger partial charge >= 0.3 is 0 Å². The highest BCUT2D eigenvalue weighted by Crippen LogP contribution is 2.27. The van der Waals surface area contributed by atoms with Gasteiger partial charge in [0.15, 0.2) is 23.2 Å². The normalized spacial score (nSPS) is 12.7. The maximum absolute atomic E-state index is 12.9. The summed E-state index contributed by atoms with van der Waals surface area (Å²) < 4.78 is 55.3. The topological polar surface area (TPSA) is 9.23 Å². The Balaban J connectivity index is 3.22. The van der Waals surface area contributed by atoms with Crippen molar-refractivity contribution in [3.63, 3.8) is 0 Å². The van der Waals surface area contributed by atoms with E-state index in [9.17, 15) is 17.6 Å². The van der Waals surface area contributed by atoms with Crippen molar-refractivity contribution in [2.75, 3.05) is 0 Å². The zero-order chi connectivity index (χ0) is 10.9. The van der Waals surface area contributed by atoms with Crippen LogP contribution >= 0.6 is 12.6 Å². The van der Waals surface area contributed by atoms with Crippen LogP contribution in [0.3, 0.4) is 0 Å². The van der Waals surface area contributed by atoms with E-state index in [0.717, 1.165) is 0 Å². The van der Waals surface area contributed by atoms with Crippen molar-refractivity contribution in [1.29, 1.82) is 0 Å². The molecular formula is C8H6F4OS. The molecule has 0 bridgehead atoms. The Labute approximate surface area is 83.1 Å². The van der Waals surface area contributed by atoms with Crippen LogP contribution in [-0.2, 0) is 0 Å². The summed E-state index contributed by atoms with van der Waals surface area (Å²) in [5.74, 6) is -7.33.